The van der Waals surface area contributed by atoms with Gasteiger partial charge in [0.05, 0.1) is 18.5 Å². The van der Waals surface area contributed by atoms with Crippen LogP contribution in [0.1, 0.15) is 29.0 Å². The monoisotopic (exact) mass is 391 g/mol. The van der Waals surface area contributed by atoms with Gasteiger partial charge in [-0.3, -0.25) is 9.59 Å². The number of rotatable bonds is 5. The van der Waals surface area contributed by atoms with Crippen molar-refractivity contribution in [1.29, 1.82) is 0 Å². The van der Waals surface area contributed by atoms with Crippen molar-refractivity contribution in [2.24, 2.45) is 0 Å². The van der Waals surface area contributed by atoms with Crippen molar-refractivity contribution in [3.8, 4) is 11.4 Å². The van der Waals surface area contributed by atoms with E-state index in [1.165, 1.54) is 0 Å². The Morgan fingerprint density at radius 2 is 1.93 bits per heavy atom. The van der Waals surface area contributed by atoms with Crippen LogP contribution < -0.4 is 15.0 Å². The number of benzene rings is 2. The summed E-state index contributed by atoms with van der Waals surface area (Å²) in [5, 5.41) is 11.0. The van der Waals surface area contributed by atoms with Gasteiger partial charge in [0, 0.05) is 30.4 Å². The minimum atomic E-state index is -0.360. The van der Waals surface area contributed by atoms with Crippen LogP contribution in [0.25, 0.3) is 5.69 Å². The average molecular weight is 391 g/mol. The van der Waals surface area contributed by atoms with Gasteiger partial charge in [-0.15, -0.1) is 5.10 Å². The third kappa shape index (κ3) is 3.69. The van der Waals surface area contributed by atoms with Crippen LogP contribution >= 0.6 is 0 Å². The minimum absolute atomic E-state index is 0.102. The largest absolute Gasteiger partial charge is 0.497 e. The molecule has 3 aromatic rings. The third-order valence-corrected chi connectivity index (χ3v) is 4.90. The highest BCUT2D eigenvalue weighted by atomic mass is 16.5. The Morgan fingerprint density at radius 1 is 1.14 bits per heavy atom. The summed E-state index contributed by atoms with van der Waals surface area (Å²) in [6.45, 7) is 2.48. The van der Waals surface area contributed by atoms with Gasteiger partial charge in [0.25, 0.3) is 5.91 Å². The Morgan fingerprint density at radius 3 is 2.69 bits per heavy atom. The van der Waals surface area contributed by atoms with Gasteiger partial charge in [-0.2, -0.15) is 0 Å². The second kappa shape index (κ2) is 7.75. The number of nitrogens with zero attached hydrogens (tertiary/aromatic N) is 4. The van der Waals surface area contributed by atoms with Crippen molar-refractivity contribution >= 4 is 23.2 Å². The predicted octanol–water partition coefficient (Wildman–Crippen LogP) is 2.96. The smallest absolute Gasteiger partial charge is 0.278 e. The summed E-state index contributed by atoms with van der Waals surface area (Å²) in [5.74, 6) is 0.434. The molecule has 1 aliphatic heterocycles. The van der Waals surface area contributed by atoms with Gasteiger partial charge >= 0.3 is 0 Å². The molecule has 0 atom stereocenters. The first-order valence-corrected chi connectivity index (χ1v) is 9.35. The number of carbonyl (C=O) groups is 2. The molecule has 148 valence electrons. The Bertz CT molecular complexity index is 1080. The molecule has 0 bridgehead atoms. The number of carbonyl (C=O) groups excluding carboxylic acids is 2. The van der Waals surface area contributed by atoms with Crippen LogP contribution in [-0.2, 0) is 4.79 Å². The fourth-order valence-corrected chi connectivity index (χ4v) is 3.39. The van der Waals surface area contributed by atoms with Crippen LogP contribution in [0.5, 0.6) is 5.75 Å². The molecule has 8 nitrogen and oxygen atoms in total. The van der Waals surface area contributed by atoms with Crippen molar-refractivity contribution in [2.45, 2.75) is 19.8 Å². The summed E-state index contributed by atoms with van der Waals surface area (Å²) >= 11 is 0. The number of ether oxygens (including phenoxy) is 1. The Hall–Kier alpha value is -3.68. The average Bonchev–Trinajstić information content (AvgIpc) is 3.33. The molecule has 29 heavy (non-hydrogen) atoms. The van der Waals surface area contributed by atoms with E-state index in [9.17, 15) is 9.59 Å². The zero-order valence-electron chi connectivity index (χ0n) is 16.3. The Kier molecular flexibility index (Phi) is 4.99. The zero-order valence-corrected chi connectivity index (χ0v) is 16.3. The van der Waals surface area contributed by atoms with E-state index >= 15 is 0 Å². The van der Waals surface area contributed by atoms with Gasteiger partial charge in [-0.25, -0.2) is 4.68 Å². The summed E-state index contributed by atoms with van der Waals surface area (Å²) < 4.78 is 6.84. The Balaban J connectivity index is 1.55. The minimum Gasteiger partial charge on any atom is -0.497 e. The van der Waals surface area contributed by atoms with Crippen LogP contribution in [0.3, 0.4) is 0 Å². The summed E-state index contributed by atoms with van der Waals surface area (Å²) in [6.07, 6.45) is 1.41. The van der Waals surface area contributed by atoms with Gasteiger partial charge in [0.15, 0.2) is 5.69 Å². The maximum Gasteiger partial charge on any atom is 0.278 e. The quantitative estimate of drug-likeness (QED) is 0.722. The van der Waals surface area contributed by atoms with Crippen LogP contribution in [0.2, 0.25) is 0 Å². The third-order valence-electron chi connectivity index (χ3n) is 4.90. The van der Waals surface area contributed by atoms with E-state index in [0.29, 0.717) is 30.1 Å². The van der Waals surface area contributed by atoms with Crippen LogP contribution in [0.4, 0.5) is 11.4 Å². The van der Waals surface area contributed by atoms with Crippen molar-refractivity contribution in [3.05, 3.63) is 59.9 Å². The lowest BCUT2D eigenvalue weighted by molar-refractivity contribution is -0.117. The molecule has 0 radical (unpaired) electrons. The van der Waals surface area contributed by atoms with Crippen molar-refractivity contribution in [1.82, 2.24) is 15.0 Å². The molecule has 4 rings (SSSR count). The van der Waals surface area contributed by atoms with E-state index in [4.69, 9.17) is 4.74 Å². The maximum absolute atomic E-state index is 12.8. The van der Waals surface area contributed by atoms with Gasteiger partial charge in [-0.1, -0.05) is 17.3 Å². The lowest BCUT2D eigenvalue weighted by atomic mass is 10.2. The number of hydrogen-bond donors (Lipinski definition) is 1. The van der Waals surface area contributed by atoms with Gasteiger partial charge in [0.1, 0.15) is 5.75 Å². The molecule has 0 saturated carbocycles. The lowest BCUT2D eigenvalue weighted by Gasteiger charge is -2.16. The first-order chi connectivity index (χ1) is 14.1. The highest BCUT2D eigenvalue weighted by Gasteiger charge is 2.22. The second-order valence-electron chi connectivity index (χ2n) is 6.79. The molecule has 0 unspecified atom stereocenters. The fourth-order valence-electron chi connectivity index (χ4n) is 3.39. The summed E-state index contributed by atoms with van der Waals surface area (Å²) in [7, 11) is 1.59. The second-order valence-corrected chi connectivity index (χ2v) is 6.79. The number of hydrogen-bond acceptors (Lipinski definition) is 5. The van der Waals surface area contributed by atoms with Gasteiger partial charge in [-0.05, 0) is 43.7 Å². The molecule has 1 fully saturated rings. The normalized spacial score (nSPS) is 13.6. The molecule has 0 spiro atoms. The van der Waals surface area contributed by atoms with Crippen LogP contribution in [0, 0.1) is 6.92 Å². The first kappa shape index (κ1) is 18.7. The fraction of sp³-hybridized carbons (Fsp3) is 0.238. The topological polar surface area (TPSA) is 89.3 Å². The van der Waals surface area contributed by atoms with E-state index in [-0.39, 0.29) is 17.5 Å². The highest BCUT2D eigenvalue weighted by Crippen LogP contribution is 2.25. The number of nitrogens with one attached hydrogen (secondary N) is 1. The van der Waals surface area contributed by atoms with E-state index in [0.717, 1.165) is 17.8 Å². The molecule has 1 aromatic heterocycles. The van der Waals surface area contributed by atoms with E-state index in [1.807, 2.05) is 36.4 Å². The molecular weight excluding hydrogens is 370 g/mol. The van der Waals surface area contributed by atoms with Crippen molar-refractivity contribution in [2.75, 3.05) is 23.9 Å². The van der Waals surface area contributed by atoms with E-state index < -0.39 is 0 Å². The van der Waals surface area contributed by atoms with E-state index in [1.54, 1.807) is 35.7 Å². The summed E-state index contributed by atoms with van der Waals surface area (Å²) in [6, 6.07) is 14.6. The molecule has 1 aliphatic rings. The highest BCUT2D eigenvalue weighted by molar-refractivity contribution is 6.04. The molecule has 2 heterocycles. The van der Waals surface area contributed by atoms with Crippen LogP contribution in [-0.4, -0.2) is 40.5 Å². The number of amides is 2. The van der Waals surface area contributed by atoms with Gasteiger partial charge < -0.3 is 15.0 Å². The SMILES string of the molecule is COc1cccc(-n2nnc(C(=O)Nc3cccc(N4CCCC4=O)c3)c2C)c1. The number of methoxy groups -OCH3 is 1. The first-order valence-electron chi connectivity index (χ1n) is 9.35. The van der Waals surface area contributed by atoms with E-state index in [2.05, 4.69) is 15.6 Å². The molecule has 2 aromatic carbocycles. The number of aromatic nitrogens is 3. The Labute approximate surface area is 168 Å². The zero-order chi connectivity index (χ0) is 20.4. The molecule has 8 heteroatoms. The molecule has 1 saturated heterocycles. The molecule has 2 amide bonds. The van der Waals surface area contributed by atoms with Crippen molar-refractivity contribution in [3.63, 3.8) is 0 Å². The summed E-state index contributed by atoms with van der Waals surface area (Å²) in [4.78, 5) is 26.5. The predicted molar refractivity (Wildman–Crippen MR) is 109 cm³/mol. The lowest BCUT2D eigenvalue weighted by Crippen LogP contribution is -2.23. The standard InChI is InChI=1S/C21H21N5O3/c1-14-20(23-24-26(14)17-8-4-9-18(13-17)29-2)21(28)22-15-6-3-7-16(12-15)25-11-5-10-19(25)27/h3-4,6-9,12-13H,5,10-11H2,1-2H3,(H,22,28). The summed E-state index contributed by atoms with van der Waals surface area (Å²) in [5.41, 5.74) is 2.98. The van der Waals surface area contributed by atoms with Crippen molar-refractivity contribution < 1.29 is 14.3 Å². The molecule has 0 aliphatic carbocycles. The molecular formula is C21H21N5O3. The maximum atomic E-state index is 12.8. The van der Waals surface area contributed by atoms with Crippen LogP contribution in [0.15, 0.2) is 48.5 Å². The van der Waals surface area contributed by atoms with Gasteiger partial charge in [0.2, 0.25) is 5.91 Å². The number of anilines is 2. The molecule has 1 N–H and O–H groups in total.